The highest BCUT2D eigenvalue weighted by Gasteiger charge is 1.65. The molecule has 0 nitrogen and oxygen atoms in total. The van der Waals surface area contributed by atoms with E-state index in [2.05, 4.69) is 78.0 Å². The molecule has 108 valence electrons. The normalized spacial score (nSPS) is 10.3. The van der Waals surface area contributed by atoms with Gasteiger partial charge < -0.3 is 0 Å². The van der Waals surface area contributed by atoms with E-state index in [1.54, 1.807) is 0 Å². The van der Waals surface area contributed by atoms with Gasteiger partial charge in [-0.3, -0.25) is 0 Å². The number of allylic oxidation sites excluding steroid dienone is 6. The molecule has 0 heteroatoms. The van der Waals surface area contributed by atoms with Crippen molar-refractivity contribution in [3.8, 4) is 0 Å². The highest BCUT2D eigenvalue weighted by Crippen LogP contribution is 1.85. The summed E-state index contributed by atoms with van der Waals surface area (Å²) in [5.74, 6) is 0. The van der Waals surface area contributed by atoms with Crippen molar-refractivity contribution in [3.05, 3.63) is 36.5 Å². The van der Waals surface area contributed by atoms with Gasteiger partial charge >= 0.3 is 0 Å². The van der Waals surface area contributed by atoms with Gasteiger partial charge in [0.2, 0.25) is 0 Å². The summed E-state index contributed by atoms with van der Waals surface area (Å²) in [7, 11) is 0. The van der Waals surface area contributed by atoms with Crippen molar-refractivity contribution >= 4 is 0 Å². The van der Waals surface area contributed by atoms with Crippen LogP contribution >= 0.6 is 0 Å². The Labute approximate surface area is 117 Å². The SMILES string of the molecule is CC=CCCC.CCC=CCC.CCC=CCC. The molecule has 0 heterocycles. The Morgan fingerprint density at radius 2 is 0.889 bits per heavy atom. The first kappa shape index (κ1) is 22.4. The van der Waals surface area contributed by atoms with Crippen molar-refractivity contribution in [1.82, 2.24) is 0 Å². The summed E-state index contributed by atoms with van der Waals surface area (Å²) in [6.45, 7) is 12.8. The molecule has 0 rings (SSSR count). The molecule has 0 aliphatic carbocycles. The lowest BCUT2D eigenvalue weighted by molar-refractivity contribution is 0.957. The number of rotatable bonds is 6. The van der Waals surface area contributed by atoms with Crippen molar-refractivity contribution in [1.29, 1.82) is 0 Å². The van der Waals surface area contributed by atoms with Gasteiger partial charge in [0.1, 0.15) is 0 Å². The molecule has 0 radical (unpaired) electrons. The van der Waals surface area contributed by atoms with Crippen LogP contribution in [0.25, 0.3) is 0 Å². The summed E-state index contributed by atoms with van der Waals surface area (Å²) in [5, 5.41) is 0. The standard InChI is InChI=1S/3C6H12/c3*1-3-5-6-4-2/h2*5-6H,3-4H2,1-2H3;3,5H,4,6H2,1-2H3. The van der Waals surface area contributed by atoms with Crippen molar-refractivity contribution in [3.63, 3.8) is 0 Å². The number of hydrogen-bond donors (Lipinski definition) is 0. The molecule has 18 heavy (non-hydrogen) atoms. The van der Waals surface area contributed by atoms with Crippen LogP contribution in [0.3, 0.4) is 0 Å². The fraction of sp³-hybridized carbons (Fsp3) is 0.667. The number of unbranched alkanes of at least 4 members (excludes halogenated alkanes) is 1. The third-order valence-corrected chi connectivity index (χ3v) is 1.97. The molecule has 0 amide bonds. The van der Waals surface area contributed by atoms with Gasteiger partial charge in [-0.15, -0.1) is 0 Å². The lowest BCUT2D eigenvalue weighted by atomic mass is 10.3. The Hall–Kier alpha value is -0.780. The molecule has 0 aromatic carbocycles. The van der Waals surface area contributed by atoms with Crippen LogP contribution in [0.5, 0.6) is 0 Å². The van der Waals surface area contributed by atoms with Gasteiger partial charge in [-0.05, 0) is 39.0 Å². The number of hydrogen-bond acceptors (Lipinski definition) is 0. The van der Waals surface area contributed by atoms with E-state index in [0.29, 0.717) is 0 Å². The van der Waals surface area contributed by atoms with E-state index in [1.165, 1.54) is 38.5 Å². The van der Waals surface area contributed by atoms with Crippen LogP contribution in [0, 0.1) is 0 Å². The Morgan fingerprint density at radius 3 is 1.00 bits per heavy atom. The van der Waals surface area contributed by atoms with Gasteiger partial charge in [0.25, 0.3) is 0 Å². The molecule has 0 aliphatic heterocycles. The lowest BCUT2D eigenvalue weighted by Gasteiger charge is -1.76. The smallest absolute Gasteiger partial charge is 0.0353 e. The van der Waals surface area contributed by atoms with Gasteiger partial charge in [0, 0.05) is 0 Å². The molecule has 0 aromatic heterocycles. The van der Waals surface area contributed by atoms with Crippen LogP contribution in [0.15, 0.2) is 36.5 Å². The molecule has 0 aliphatic rings. The minimum absolute atomic E-state index is 1.17. The third-order valence-electron chi connectivity index (χ3n) is 1.97. The second-order valence-electron chi connectivity index (χ2n) is 3.93. The van der Waals surface area contributed by atoms with Gasteiger partial charge in [-0.1, -0.05) is 77.5 Å². The molecular weight excluding hydrogens is 216 g/mol. The van der Waals surface area contributed by atoms with E-state index < -0.39 is 0 Å². The summed E-state index contributed by atoms with van der Waals surface area (Å²) < 4.78 is 0. The average molecular weight is 252 g/mol. The predicted octanol–water partition coefficient (Wildman–Crippen LogP) is 7.09. The van der Waals surface area contributed by atoms with Crippen molar-refractivity contribution in [2.45, 2.75) is 80.1 Å². The van der Waals surface area contributed by atoms with E-state index in [0.717, 1.165) is 0 Å². The Bertz CT molecular complexity index is 146. The highest BCUT2D eigenvalue weighted by atomic mass is 13.7. The van der Waals surface area contributed by atoms with Crippen LogP contribution in [0.4, 0.5) is 0 Å². The van der Waals surface area contributed by atoms with Crippen molar-refractivity contribution in [2.24, 2.45) is 0 Å². The maximum Gasteiger partial charge on any atom is -0.0353 e. The minimum Gasteiger partial charge on any atom is -0.0917 e. The zero-order chi connectivity index (χ0) is 14.5. The zero-order valence-electron chi connectivity index (χ0n) is 13.7. The first-order chi connectivity index (χ1) is 8.74. The minimum atomic E-state index is 1.17. The van der Waals surface area contributed by atoms with E-state index in [-0.39, 0.29) is 0 Å². The largest absolute Gasteiger partial charge is 0.0917 e. The first-order valence-corrected chi connectivity index (χ1v) is 7.65. The molecule has 0 saturated carbocycles. The molecule has 0 fully saturated rings. The van der Waals surface area contributed by atoms with Gasteiger partial charge in [-0.2, -0.15) is 0 Å². The fourth-order valence-electron chi connectivity index (χ4n) is 1.000. The second-order valence-corrected chi connectivity index (χ2v) is 3.93. The zero-order valence-corrected chi connectivity index (χ0v) is 13.7. The maximum absolute atomic E-state index is 2.18. The Kier molecular flexibility index (Phi) is 37.1. The molecular formula is C18H36. The van der Waals surface area contributed by atoms with Crippen LogP contribution < -0.4 is 0 Å². The van der Waals surface area contributed by atoms with Crippen LogP contribution in [-0.2, 0) is 0 Å². The lowest BCUT2D eigenvalue weighted by Crippen LogP contribution is -1.55. The summed E-state index contributed by atoms with van der Waals surface area (Å²) >= 11 is 0. The van der Waals surface area contributed by atoms with Gasteiger partial charge in [0.15, 0.2) is 0 Å². The topological polar surface area (TPSA) is 0 Å². The first-order valence-electron chi connectivity index (χ1n) is 7.65. The molecule has 0 aromatic rings. The molecule has 0 N–H and O–H groups in total. The Morgan fingerprint density at radius 1 is 0.556 bits per heavy atom. The molecule has 0 unspecified atom stereocenters. The van der Waals surface area contributed by atoms with Crippen LogP contribution in [0.2, 0.25) is 0 Å². The van der Waals surface area contributed by atoms with Crippen LogP contribution in [0.1, 0.15) is 80.1 Å². The highest BCUT2D eigenvalue weighted by molar-refractivity contribution is 4.78. The summed E-state index contributed by atoms with van der Waals surface area (Å²) in [6.07, 6.45) is 20.2. The van der Waals surface area contributed by atoms with E-state index in [4.69, 9.17) is 0 Å². The summed E-state index contributed by atoms with van der Waals surface area (Å²) in [5.41, 5.74) is 0. The van der Waals surface area contributed by atoms with E-state index in [1.807, 2.05) is 0 Å². The molecule has 0 bridgehead atoms. The fourth-order valence-corrected chi connectivity index (χ4v) is 1.000. The van der Waals surface area contributed by atoms with Crippen molar-refractivity contribution in [2.75, 3.05) is 0 Å². The van der Waals surface area contributed by atoms with Crippen LogP contribution in [-0.4, -0.2) is 0 Å². The summed E-state index contributed by atoms with van der Waals surface area (Å²) in [6, 6.07) is 0. The third kappa shape index (κ3) is 45.5. The predicted molar refractivity (Wildman–Crippen MR) is 89.2 cm³/mol. The summed E-state index contributed by atoms with van der Waals surface area (Å²) in [4.78, 5) is 0. The molecule has 0 saturated heterocycles. The average Bonchev–Trinajstić information content (AvgIpc) is 2.42. The maximum atomic E-state index is 2.18. The monoisotopic (exact) mass is 252 g/mol. The van der Waals surface area contributed by atoms with Gasteiger partial charge in [0.05, 0.1) is 0 Å². The van der Waals surface area contributed by atoms with Gasteiger partial charge in [-0.25, -0.2) is 0 Å². The second kappa shape index (κ2) is 29.8. The molecule has 0 spiro atoms. The Balaban J connectivity index is -0.000000187. The molecule has 0 atom stereocenters. The van der Waals surface area contributed by atoms with E-state index >= 15 is 0 Å². The van der Waals surface area contributed by atoms with Crippen molar-refractivity contribution < 1.29 is 0 Å². The van der Waals surface area contributed by atoms with E-state index in [9.17, 15) is 0 Å². The quantitative estimate of drug-likeness (QED) is 0.443.